The van der Waals surface area contributed by atoms with Crippen molar-refractivity contribution in [3.05, 3.63) is 0 Å². The van der Waals surface area contributed by atoms with Crippen LogP contribution >= 0.6 is 0 Å². The highest BCUT2D eigenvalue weighted by atomic mass is 16.5. The van der Waals surface area contributed by atoms with E-state index in [4.69, 9.17) is 4.74 Å². The van der Waals surface area contributed by atoms with Crippen molar-refractivity contribution in [2.75, 3.05) is 19.7 Å². The summed E-state index contributed by atoms with van der Waals surface area (Å²) in [5.41, 5.74) is 0. The average molecular weight is 229 g/mol. The number of unbranched alkanes of at least 4 members (excludes halogenated alkanes) is 3. The number of hydrogen-bond acceptors (Lipinski definition) is 2. The monoisotopic (exact) mass is 229 g/mol. The topological polar surface area (TPSA) is 21.3 Å². The lowest BCUT2D eigenvalue weighted by atomic mass is 10.1. The highest BCUT2D eigenvalue weighted by Crippen LogP contribution is 2.07. The molecule has 98 valence electrons. The lowest BCUT2D eigenvalue weighted by Gasteiger charge is -2.13. The van der Waals surface area contributed by atoms with Crippen LogP contribution in [0.15, 0.2) is 0 Å². The molecule has 1 atom stereocenters. The van der Waals surface area contributed by atoms with E-state index in [9.17, 15) is 0 Å². The molecular weight excluding hydrogens is 198 g/mol. The standard InChI is InChI=1S/C14H31NO/c1-5-6-7-8-9-14(4)16-11-10-15-12-13(2)3/h13-15H,5-12H2,1-4H3. The molecule has 0 aliphatic carbocycles. The molecule has 0 rings (SSSR count). The van der Waals surface area contributed by atoms with Crippen molar-refractivity contribution >= 4 is 0 Å². The van der Waals surface area contributed by atoms with Gasteiger partial charge < -0.3 is 10.1 Å². The first kappa shape index (κ1) is 15.9. The minimum atomic E-state index is 0.428. The molecule has 0 bridgehead atoms. The SMILES string of the molecule is CCCCCCC(C)OCCNCC(C)C. The van der Waals surface area contributed by atoms with Crippen LogP contribution in [0.2, 0.25) is 0 Å². The van der Waals surface area contributed by atoms with Gasteiger partial charge in [0.2, 0.25) is 0 Å². The number of hydrogen-bond donors (Lipinski definition) is 1. The summed E-state index contributed by atoms with van der Waals surface area (Å²) in [5, 5.41) is 3.39. The van der Waals surface area contributed by atoms with Gasteiger partial charge in [-0.15, -0.1) is 0 Å². The van der Waals surface area contributed by atoms with Gasteiger partial charge in [0.25, 0.3) is 0 Å². The molecule has 0 spiro atoms. The summed E-state index contributed by atoms with van der Waals surface area (Å²) in [6, 6.07) is 0. The summed E-state index contributed by atoms with van der Waals surface area (Å²) in [6.45, 7) is 11.8. The Hall–Kier alpha value is -0.0800. The van der Waals surface area contributed by atoms with E-state index in [0.717, 1.165) is 25.6 Å². The molecule has 0 aromatic heterocycles. The molecule has 0 heterocycles. The van der Waals surface area contributed by atoms with E-state index in [1.165, 1.54) is 32.1 Å². The summed E-state index contributed by atoms with van der Waals surface area (Å²) < 4.78 is 5.74. The molecule has 1 N–H and O–H groups in total. The lowest BCUT2D eigenvalue weighted by molar-refractivity contribution is 0.0602. The molecule has 1 unspecified atom stereocenters. The van der Waals surface area contributed by atoms with Gasteiger partial charge in [0.1, 0.15) is 0 Å². The van der Waals surface area contributed by atoms with Crippen LogP contribution in [-0.4, -0.2) is 25.8 Å². The Morgan fingerprint density at radius 2 is 1.81 bits per heavy atom. The van der Waals surface area contributed by atoms with Gasteiger partial charge in [-0.1, -0.05) is 46.5 Å². The van der Waals surface area contributed by atoms with Crippen molar-refractivity contribution in [2.45, 2.75) is 65.9 Å². The third-order valence-corrected chi connectivity index (χ3v) is 2.70. The zero-order chi connectivity index (χ0) is 12.2. The summed E-state index contributed by atoms with van der Waals surface area (Å²) in [5.74, 6) is 0.728. The third-order valence-electron chi connectivity index (χ3n) is 2.70. The van der Waals surface area contributed by atoms with Crippen molar-refractivity contribution in [3.8, 4) is 0 Å². The molecule has 0 saturated heterocycles. The summed E-state index contributed by atoms with van der Waals surface area (Å²) in [6.07, 6.45) is 6.99. The van der Waals surface area contributed by atoms with Crippen LogP contribution in [0.1, 0.15) is 59.8 Å². The molecular formula is C14H31NO. The molecule has 0 amide bonds. The molecule has 16 heavy (non-hydrogen) atoms. The molecule has 0 aromatic rings. The second kappa shape index (κ2) is 11.4. The summed E-state index contributed by atoms with van der Waals surface area (Å²) in [7, 11) is 0. The number of ether oxygens (including phenoxy) is 1. The van der Waals surface area contributed by atoms with Crippen LogP contribution in [0, 0.1) is 5.92 Å². The Kier molecular flexibility index (Phi) is 11.3. The number of nitrogens with one attached hydrogen (secondary N) is 1. The van der Waals surface area contributed by atoms with E-state index in [0.29, 0.717) is 6.10 Å². The van der Waals surface area contributed by atoms with Gasteiger partial charge in [-0.25, -0.2) is 0 Å². The maximum absolute atomic E-state index is 5.74. The fraction of sp³-hybridized carbons (Fsp3) is 1.00. The normalized spacial score (nSPS) is 13.3. The Morgan fingerprint density at radius 3 is 2.44 bits per heavy atom. The van der Waals surface area contributed by atoms with Crippen molar-refractivity contribution in [1.29, 1.82) is 0 Å². The second-order valence-corrected chi connectivity index (χ2v) is 5.13. The van der Waals surface area contributed by atoms with Gasteiger partial charge in [-0.3, -0.25) is 0 Å². The van der Waals surface area contributed by atoms with E-state index < -0.39 is 0 Å². The Bertz CT molecular complexity index is 137. The van der Waals surface area contributed by atoms with Crippen molar-refractivity contribution in [3.63, 3.8) is 0 Å². The van der Waals surface area contributed by atoms with E-state index in [2.05, 4.69) is 33.0 Å². The van der Waals surface area contributed by atoms with E-state index in [1.807, 2.05) is 0 Å². The van der Waals surface area contributed by atoms with Crippen molar-refractivity contribution in [1.82, 2.24) is 5.32 Å². The van der Waals surface area contributed by atoms with Gasteiger partial charge in [-0.2, -0.15) is 0 Å². The lowest BCUT2D eigenvalue weighted by Crippen LogP contribution is -2.25. The maximum atomic E-state index is 5.74. The second-order valence-electron chi connectivity index (χ2n) is 5.13. The van der Waals surface area contributed by atoms with Gasteiger partial charge >= 0.3 is 0 Å². The largest absolute Gasteiger partial charge is 0.377 e. The minimum absolute atomic E-state index is 0.428. The third kappa shape index (κ3) is 12.0. The van der Waals surface area contributed by atoms with Gasteiger partial charge in [0, 0.05) is 6.54 Å². The predicted octanol–water partition coefficient (Wildman–Crippen LogP) is 3.61. The zero-order valence-electron chi connectivity index (χ0n) is 11.7. The van der Waals surface area contributed by atoms with Gasteiger partial charge in [0.05, 0.1) is 12.7 Å². The maximum Gasteiger partial charge on any atom is 0.0594 e. The predicted molar refractivity (Wildman–Crippen MR) is 71.9 cm³/mol. The molecule has 0 aliphatic rings. The van der Waals surface area contributed by atoms with Crippen LogP contribution in [0.25, 0.3) is 0 Å². The van der Waals surface area contributed by atoms with E-state index >= 15 is 0 Å². The van der Waals surface area contributed by atoms with Gasteiger partial charge in [0.15, 0.2) is 0 Å². The van der Waals surface area contributed by atoms with Crippen LogP contribution in [0.4, 0.5) is 0 Å². The highest BCUT2D eigenvalue weighted by molar-refractivity contribution is 4.54. The Balaban J connectivity index is 3.14. The van der Waals surface area contributed by atoms with Crippen LogP contribution in [0.5, 0.6) is 0 Å². The van der Waals surface area contributed by atoms with E-state index in [1.54, 1.807) is 0 Å². The fourth-order valence-electron chi connectivity index (χ4n) is 1.66. The first-order chi connectivity index (χ1) is 7.66. The molecule has 0 aromatic carbocycles. The fourth-order valence-corrected chi connectivity index (χ4v) is 1.66. The smallest absolute Gasteiger partial charge is 0.0594 e. The molecule has 0 aliphatic heterocycles. The van der Waals surface area contributed by atoms with E-state index in [-0.39, 0.29) is 0 Å². The molecule has 2 nitrogen and oxygen atoms in total. The first-order valence-corrected chi connectivity index (χ1v) is 6.99. The van der Waals surface area contributed by atoms with Crippen molar-refractivity contribution < 1.29 is 4.74 Å². The molecule has 0 saturated carbocycles. The first-order valence-electron chi connectivity index (χ1n) is 6.99. The summed E-state index contributed by atoms with van der Waals surface area (Å²) >= 11 is 0. The Morgan fingerprint density at radius 1 is 1.06 bits per heavy atom. The number of rotatable bonds is 11. The van der Waals surface area contributed by atoms with Crippen LogP contribution in [-0.2, 0) is 4.74 Å². The quantitative estimate of drug-likeness (QED) is 0.547. The van der Waals surface area contributed by atoms with Gasteiger partial charge in [-0.05, 0) is 25.8 Å². The van der Waals surface area contributed by atoms with Crippen molar-refractivity contribution in [2.24, 2.45) is 5.92 Å². The Labute approximate surface area is 102 Å². The molecule has 2 heteroatoms. The molecule has 0 radical (unpaired) electrons. The van der Waals surface area contributed by atoms with Crippen LogP contribution in [0.3, 0.4) is 0 Å². The van der Waals surface area contributed by atoms with Crippen LogP contribution < -0.4 is 5.32 Å². The molecule has 0 fully saturated rings. The zero-order valence-corrected chi connectivity index (χ0v) is 11.7. The average Bonchev–Trinajstić information content (AvgIpc) is 2.23. The highest BCUT2D eigenvalue weighted by Gasteiger charge is 2.01. The summed E-state index contributed by atoms with van der Waals surface area (Å²) in [4.78, 5) is 0. The minimum Gasteiger partial charge on any atom is -0.377 e.